The highest BCUT2D eigenvalue weighted by Crippen LogP contribution is 2.63. The van der Waals surface area contributed by atoms with Gasteiger partial charge < -0.3 is 4.74 Å². The highest BCUT2D eigenvalue weighted by atomic mass is 16.5. The van der Waals surface area contributed by atoms with E-state index in [0.29, 0.717) is 6.42 Å². The maximum absolute atomic E-state index is 11.7. The van der Waals surface area contributed by atoms with Gasteiger partial charge in [-0.3, -0.25) is 9.69 Å². The molecule has 0 aromatic heterocycles. The van der Waals surface area contributed by atoms with Gasteiger partial charge in [0, 0.05) is 5.54 Å². The van der Waals surface area contributed by atoms with Crippen molar-refractivity contribution in [2.24, 2.45) is 11.8 Å². The minimum Gasteiger partial charge on any atom is -0.469 e. The summed E-state index contributed by atoms with van der Waals surface area (Å²) in [6.07, 6.45) is 5.88. The van der Waals surface area contributed by atoms with E-state index in [9.17, 15) is 4.79 Å². The van der Waals surface area contributed by atoms with Crippen LogP contribution >= 0.6 is 0 Å². The molecule has 0 bridgehead atoms. The van der Waals surface area contributed by atoms with Gasteiger partial charge in [-0.15, -0.1) is 0 Å². The monoisotopic (exact) mass is 239 g/mol. The standard InChI is InChI=1S/C14H25NO2/c1-4-15(5-2)14(10-13(16)17-3)11-8-6-7-9-12(11)14/h11-12H,4-10H2,1-3H3/t11-,12+,14?. The molecule has 0 spiro atoms. The molecule has 0 aromatic carbocycles. The lowest BCUT2D eigenvalue weighted by Gasteiger charge is -2.31. The van der Waals surface area contributed by atoms with Crippen LogP contribution in [0.5, 0.6) is 0 Å². The Kier molecular flexibility index (Phi) is 3.76. The van der Waals surface area contributed by atoms with E-state index in [-0.39, 0.29) is 11.5 Å². The molecule has 3 atom stereocenters. The zero-order chi connectivity index (χ0) is 12.5. The van der Waals surface area contributed by atoms with Gasteiger partial charge in [0.05, 0.1) is 13.5 Å². The molecule has 3 nitrogen and oxygen atoms in total. The number of nitrogens with zero attached hydrogens (tertiary/aromatic N) is 1. The van der Waals surface area contributed by atoms with Crippen molar-refractivity contribution in [1.82, 2.24) is 4.90 Å². The van der Waals surface area contributed by atoms with Crippen molar-refractivity contribution in [3.8, 4) is 0 Å². The molecule has 0 aliphatic heterocycles. The Balaban J connectivity index is 2.16. The second kappa shape index (κ2) is 4.97. The zero-order valence-electron chi connectivity index (χ0n) is 11.4. The minimum absolute atomic E-state index is 0.0358. The number of esters is 1. The van der Waals surface area contributed by atoms with Crippen molar-refractivity contribution in [3.05, 3.63) is 0 Å². The van der Waals surface area contributed by atoms with Gasteiger partial charge in [0.2, 0.25) is 0 Å². The first kappa shape index (κ1) is 12.9. The Bertz CT molecular complexity index is 274. The summed E-state index contributed by atoms with van der Waals surface area (Å²) >= 11 is 0. The van der Waals surface area contributed by atoms with E-state index in [4.69, 9.17) is 4.74 Å². The van der Waals surface area contributed by atoms with Crippen molar-refractivity contribution >= 4 is 5.97 Å². The van der Waals surface area contributed by atoms with Crippen LogP contribution in [0.15, 0.2) is 0 Å². The van der Waals surface area contributed by atoms with Crippen LogP contribution in [0.2, 0.25) is 0 Å². The molecule has 17 heavy (non-hydrogen) atoms. The van der Waals surface area contributed by atoms with Gasteiger partial charge in [-0.25, -0.2) is 0 Å². The number of carbonyl (C=O) groups is 1. The normalized spacial score (nSPS) is 35.5. The molecule has 0 aromatic rings. The number of ether oxygens (including phenoxy) is 1. The first-order chi connectivity index (χ1) is 8.20. The Morgan fingerprint density at radius 3 is 2.18 bits per heavy atom. The van der Waals surface area contributed by atoms with Crippen LogP contribution in [0, 0.1) is 11.8 Å². The average molecular weight is 239 g/mol. The van der Waals surface area contributed by atoms with E-state index < -0.39 is 0 Å². The maximum Gasteiger partial charge on any atom is 0.307 e. The summed E-state index contributed by atoms with van der Waals surface area (Å²) in [4.78, 5) is 14.2. The molecule has 0 N–H and O–H groups in total. The van der Waals surface area contributed by atoms with E-state index in [1.807, 2.05) is 0 Å². The summed E-state index contributed by atoms with van der Waals surface area (Å²) in [5.41, 5.74) is 0.146. The summed E-state index contributed by atoms with van der Waals surface area (Å²) < 4.78 is 4.91. The molecule has 0 amide bonds. The van der Waals surface area contributed by atoms with Gasteiger partial charge in [-0.2, -0.15) is 0 Å². The molecule has 1 unspecified atom stereocenters. The lowest BCUT2D eigenvalue weighted by Crippen LogP contribution is -2.42. The molecule has 2 aliphatic rings. The van der Waals surface area contributed by atoms with Crippen LogP contribution in [-0.4, -0.2) is 36.6 Å². The molecule has 0 saturated heterocycles. The quantitative estimate of drug-likeness (QED) is 0.690. The fourth-order valence-corrected chi connectivity index (χ4v) is 4.18. The molecule has 98 valence electrons. The van der Waals surface area contributed by atoms with Crippen molar-refractivity contribution in [3.63, 3.8) is 0 Å². The van der Waals surface area contributed by atoms with Gasteiger partial charge in [0.15, 0.2) is 0 Å². The van der Waals surface area contributed by atoms with Gasteiger partial charge in [-0.1, -0.05) is 26.7 Å². The average Bonchev–Trinajstić information content (AvgIpc) is 3.00. The Morgan fingerprint density at radius 2 is 1.76 bits per heavy atom. The lowest BCUT2D eigenvalue weighted by molar-refractivity contribution is -0.142. The Labute approximate surface area is 105 Å². The number of hydrogen-bond acceptors (Lipinski definition) is 3. The third kappa shape index (κ3) is 1.99. The smallest absolute Gasteiger partial charge is 0.307 e. The number of fused-ring (bicyclic) bond motifs is 1. The first-order valence-corrected chi connectivity index (χ1v) is 7.02. The summed E-state index contributed by atoms with van der Waals surface area (Å²) in [7, 11) is 1.50. The lowest BCUT2D eigenvalue weighted by atomic mass is 10.0. The van der Waals surface area contributed by atoms with Crippen molar-refractivity contribution in [2.45, 2.75) is 51.5 Å². The van der Waals surface area contributed by atoms with Crippen LogP contribution in [0.25, 0.3) is 0 Å². The fraction of sp³-hybridized carbons (Fsp3) is 0.929. The van der Waals surface area contributed by atoms with Crippen LogP contribution in [0.1, 0.15) is 46.0 Å². The van der Waals surface area contributed by atoms with Gasteiger partial charge >= 0.3 is 5.97 Å². The van der Waals surface area contributed by atoms with Crippen molar-refractivity contribution < 1.29 is 9.53 Å². The summed E-state index contributed by atoms with van der Waals surface area (Å²) in [6, 6.07) is 0. The third-order valence-corrected chi connectivity index (χ3v) is 4.95. The topological polar surface area (TPSA) is 29.5 Å². The zero-order valence-corrected chi connectivity index (χ0v) is 11.4. The molecule has 2 fully saturated rings. The highest BCUT2D eigenvalue weighted by Gasteiger charge is 2.67. The number of hydrogen-bond donors (Lipinski definition) is 0. The SMILES string of the molecule is CCN(CC)C1(CC(=O)OC)[C@@H]2CCCC[C@@H]21. The molecule has 2 saturated carbocycles. The predicted octanol–water partition coefficient (Wildman–Crippen LogP) is 2.45. The highest BCUT2D eigenvalue weighted by molar-refractivity contribution is 5.72. The van der Waals surface area contributed by atoms with E-state index in [2.05, 4.69) is 18.7 Å². The molecular formula is C14H25NO2. The summed E-state index contributed by atoms with van der Waals surface area (Å²) in [5.74, 6) is 1.46. The fourth-order valence-electron chi connectivity index (χ4n) is 4.18. The van der Waals surface area contributed by atoms with Crippen LogP contribution < -0.4 is 0 Å². The molecule has 0 radical (unpaired) electrons. The molecule has 2 rings (SSSR count). The van der Waals surface area contributed by atoms with Crippen LogP contribution in [0.3, 0.4) is 0 Å². The van der Waals surface area contributed by atoms with Gasteiger partial charge in [-0.05, 0) is 37.8 Å². The third-order valence-electron chi connectivity index (χ3n) is 4.95. The van der Waals surface area contributed by atoms with Crippen molar-refractivity contribution in [2.75, 3.05) is 20.2 Å². The largest absolute Gasteiger partial charge is 0.469 e. The van der Waals surface area contributed by atoms with Crippen LogP contribution in [0.4, 0.5) is 0 Å². The van der Waals surface area contributed by atoms with E-state index >= 15 is 0 Å². The second-order valence-electron chi connectivity index (χ2n) is 5.41. The van der Waals surface area contributed by atoms with E-state index in [1.54, 1.807) is 0 Å². The summed E-state index contributed by atoms with van der Waals surface area (Å²) in [5, 5.41) is 0. The second-order valence-corrected chi connectivity index (χ2v) is 5.41. The number of rotatable bonds is 5. The maximum atomic E-state index is 11.7. The molecular weight excluding hydrogens is 214 g/mol. The first-order valence-electron chi connectivity index (χ1n) is 7.02. The number of carbonyl (C=O) groups excluding carboxylic acids is 1. The Morgan fingerprint density at radius 1 is 1.24 bits per heavy atom. The predicted molar refractivity (Wildman–Crippen MR) is 67.7 cm³/mol. The molecule has 2 aliphatic carbocycles. The van der Waals surface area contributed by atoms with E-state index in [1.165, 1.54) is 32.8 Å². The minimum atomic E-state index is -0.0358. The van der Waals surface area contributed by atoms with Crippen LogP contribution in [-0.2, 0) is 9.53 Å². The van der Waals surface area contributed by atoms with E-state index in [0.717, 1.165) is 24.9 Å². The van der Waals surface area contributed by atoms with Gasteiger partial charge in [0.25, 0.3) is 0 Å². The summed E-state index contributed by atoms with van der Waals surface area (Å²) in [6.45, 7) is 6.49. The molecule has 0 heterocycles. The van der Waals surface area contributed by atoms with Crippen molar-refractivity contribution in [1.29, 1.82) is 0 Å². The number of methoxy groups -OCH3 is 1. The van der Waals surface area contributed by atoms with Gasteiger partial charge in [0.1, 0.15) is 0 Å². The Hall–Kier alpha value is -0.570. The molecule has 3 heteroatoms.